The van der Waals surface area contributed by atoms with E-state index < -0.39 is 0 Å². The van der Waals surface area contributed by atoms with Gasteiger partial charge in [-0.1, -0.05) is 0 Å². The maximum absolute atomic E-state index is 11.3. The Morgan fingerprint density at radius 2 is 2.27 bits per heavy atom. The Hall–Kier alpha value is -0.300. The summed E-state index contributed by atoms with van der Waals surface area (Å²) in [5.41, 5.74) is -0.464. The van der Waals surface area contributed by atoms with Gasteiger partial charge < -0.3 is 10.3 Å². The van der Waals surface area contributed by atoms with E-state index in [1.165, 1.54) is 6.33 Å². The molecular formula is C9H13ClIN3O. The molecule has 0 saturated heterocycles. The van der Waals surface area contributed by atoms with E-state index in [2.05, 4.69) is 15.3 Å². The molecule has 4 nitrogen and oxygen atoms in total. The summed E-state index contributed by atoms with van der Waals surface area (Å²) in [6.07, 6.45) is 1.38. The van der Waals surface area contributed by atoms with Gasteiger partial charge in [-0.25, -0.2) is 4.98 Å². The number of hydrogen-bond acceptors (Lipinski definition) is 3. The van der Waals surface area contributed by atoms with E-state index in [9.17, 15) is 4.79 Å². The van der Waals surface area contributed by atoms with Crippen molar-refractivity contribution in [2.75, 3.05) is 5.32 Å². The topological polar surface area (TPSA) is 57.8 Å². The van der Waals surface area contributed by atoms with Crippen LogP contribution in [0.15, 0.2) is 11.1 Å². The number of alkyl halides is 1. The number of aromatic amines is 1. The highest BCUT2D eigenvalue weighted by Crippen LogP contribution is 2.21. The van der Waals surface area contributed by atoms with Crippen LogP contribution in [0.1, 0.15) is 20.8 Å². The number of H-pyrrole nitrogens is 1. The van der Waals surface area contributed by atoms with Crippen LogP contribution in [0.3, 0.4) is 0 Å². The third-order valence-corrected chi connectivity index (χ3v) is 3.78. The van der Waals surface area contributed by atoms with Crippen LogP contribution in [-0.4, -0.2) is 20.9 Å². The lowest BCUT2D eigenvalue weighted by molar-refractivity contribution is 0.551. The lowest BCUT2D eigenvalue weighted by Crippen LogP contribution is -2.40. The van der Waals surface area contributed by atoms with Crippen molar-refractivity contribution in [2.24, 2.45) is 0 Å². The summed E-state index contributed by atoms with van der Waals surface area (Å²) in [4.78, 5) is 17.9. The molecule has 0 aliphatic carbocycles. The molecule has 1 atom stereocenters. The predicted octanol–water partition coefficient (Wildman–Crippen LogP) is 2.19. The van der Waals surface area contributed by atoms with Crippen molar-refractivity contribution in [3.05, 3.63) is 20.3 Å². The maximum Gasteiger partial charge on any atom is 0.266 e. The van der Waals surface area contributed by atoms with Gasteiger partial charge in [-0.05, 0) is 43.4 Å². The van der Waals surface area contributed by atoms with Gasteiger partial charge in [0.15, 0.2) is 0 Å². The van der Waals surface area contributed by atoms with Crippen molar-refractivity contribution in [3.8, 4) is 0 Å². The number of hydrogen-bond donors (Lipinski definition) is 2. The first-order valence-corrected chi connectivity index (χ1v) is 6.01. The number of nitrogens with zero attached hydrogens (tertiary/aromatic N) is 1. The first-order chi connectivity index (χ1) is 6.84. The van der Waals surface area contributed by atoms with E-state index in [1.54, 1.807) is 0 Å². The number of anilines is 1. The highest BCUT2D eigenvalue weighted by Gasteiger charge is 2.25. The van der Waals surface area contributed by atoms with E-state index in [4.69, 9.17) is 11.6 Å². The smallest absolute Gasteiger partial charge is 0.266 e. The van der Waals surface area contributed by atoms with Crippen LogP contribution in [0.2, 0.25) is 0 Å². The standard InChI is InChI=1S/C9H13ClIN3O/c1-5(10)9(2,3)14-7-6(11)8(15)13-4-12-7/h4-5H,1-3H3,(H2,12,13,14,15). The number of halogens is 2. The molecule has 0 saturated carbocycles. The highest BCUT2D eigenvalue weighted by molar-refractivity contribution is 14.1. The average Bonchev–Trinajstić information content (AvgIpc) is 2.12. The molecule has 1 aromatic rings. The second-order valence-corrected chi connectivity index (χ2v) is 5.59. The fourth-order valence-electron chi connectivity index (χ4n) is 0.875. The first-order valence-electron chi connectivity index (χ1n) is 4.50. The Balaban J connectivity index is 3.00. The molecule has 0 amide bonds. The number of rotatable bonds is 3. The third-order valence-electron chi connectivity index (χ3n) is 2.23. The van der Waals surface area contributed by atoms with Crippen LogP contribution < -0.4 is 10.9 Å². The molecule has 6 heteroatoms. The third kappa shape index (κ3) is 3.07. The van der Waals surface area contributed by atoms with E-state index in [0.29, 0.717) is 9.39 Å². The van der Waals surface area contributed by atoms with Crippen molar-refractivity contribution in [1.29, 1.82) is 0 Å². The van der Waals surface area contributed by atoms with Crippen molar-refractivity contribution < 1.29 is 0 Å². The van der Waals surface area contributed by atoms with Gasteiger partial charge in [-0.2, -0.15) is 0 Å². The molecule has 1 rings (SSSR count). The predicted molar refractivity (Wildman–Crippen MR) is 70.6 cm³/mol. The molecule has 2 N–H and O–H groups in total. The molecule has 84 valence electrons. The van der Waals surface area contributed by atoms with Gasteiger partial charge in [-0.15, -0.1) is 11.6 Å². The van der Waals surface area contributed by atoms with Gasteiger partial charge >= 0.3 is 0 Å². The van der Waals surface area contributed by atoms with Crippen LogP contribution in [-0.2, 0) is 0 Å². The molecule has 0 aromatic carbocycles. The van der Waals surface area contributed by atoms with Gasteiger partial charge in [-0.3, -0.25) is 4.79 Å². The lowest BCUT2D eigenvalue weighted by atomic mass is 10.0. The van der Waals surface area contributed by atoms with Gasteiger partial charge in [0.2, 0.25) is 0 Å². The largest absolute Gasteiger partial charge is 0.363 e. The van der Waals surface area contributed by atoms with E-state index in [-0.39, 0.29) is 16.5 Å². The second-order valence-electron chi connectivity index (χ2n) is 3.86. The Morgan fingerprint density at radius 3 is 2.80 bits per heavy atom. The second kappa shape index (κ2) is 4.69. The van der Waals surface area contributed by atoms with Gasteiger partial charge in [0.05, 0.1) is 11.7 Å². The fraction of sp³-hybridized carbons (Fsp3) is 0.556. The van der Waals surface area contributed by atoms with E-state index in [1.807, 2.05) is 43.4 Å². The zero-order chi connectivity index (χ0) is 11.6. The highest BCUT2D eigenvalue weighted by atomic mass is 127. The van der Waals surface area contributed by atoms with Crippen LogP contribution in [0.25, 0.3) is 0 Å². The van der Waals surface area contributed by atoms with Gasteiger partial charge in [0.1, 0.15) is 9.39 Å². The molecule has 0 aliphatic rings. The van der Waals surface area contributed by atoms with Gasteiger partial charge in [0, 0.05) is 5.54 Å². The number of aromatic nitrogens is 2. The summed E-state index contributed by atoms with van der Waals surface area (Å²) >= 11 is 7.99. The minimum Gasteiger partial charge on any atom is -0.363 e. The monoisotopic (exact) mass is 341 g/mol. The maximum atomic E-state index is 11.3. The first kappa shape index (κ1) is 12.8. The van der Waals surface area contributed by atoms with Crippen LogP contribution in [0.5, 0.6) is 0 Å². The van der Waals surface area contributed by atoms with Crippen molar-refractivity contribution >= 4 is 40.0 Å². The zero-order valence-corrected chi connectivity index (χ0v) is 11.7. The van der Waals surface area contributed by atoms with Crippen LogP contribution in [0, 0.1) is 3.57 Å². The Kier molecular flexibility index (Phi) is 3.99. The number of nitrogens with one attached hydrogen (secondary N) is 2. The molecule has 0 radical (unpaired) electrons. The van der Waals surface area contributed by atoms with E-state index >= 15 is 0 Å². The zero-order valence-electron chi connectivity index (χ0n) is 8.77. The summed E-state index contributed by atoms with van der Waals surface area (Å²) in [5.74, 6) is 0.567. The quantitative estimate of drug-likeness (QED) is 0.654. The summed E-state index contributed by atoms with van der Waals surface area (Å²) in [6.45, 7) is 5.82. The molecule has 0 fully saturated rings. The Bertz CT molecular complexity index is 403. The minimum absolute atomic E-state index is 0.0746. The van der Waals surface area contributed by atoms with Crippen LogP contribution >= 0.6 is 34.2 Å². The average molecular weight is 342 g/mol. The molecule has 0 bridgehead atoms. The Morgan fingerprint density at radius 1 is 1.67 bits per heavy atom. The summed E-state index contributed by atoms with van der Waals surface area (Å²) in [5, 5.41) is 3.08. The van der Waals surface area contributed by atoms with Crippen molar-refractivity contribution in [3.63, 3.8) is 0 Å². The molecular weight excluding hydrogens is 328 g/mol. The molecule has 15 heavy (non-hydrogen) atoms. The summed E-state index contributed by atoms with van der Waals surface area (Å²) < 4.78 is 0.542. The summed E-state index contributed by atoms with van der Waals surface area (Å²) in [6, 6.07) is 0. The minimum atomic E-state index is -0.317. The van der Waals surface area contributed by atoms with E-state index in [0.717, 1.165) is 0 Å². The Labute approximate surface area is 107 Å². The molecule has 1 heterocycles. The molecule has 1 unspecified atom stereocenters. The molecule has 1 aromatic heterocycles. The normalized spacial score (nSPS) is 13.7. The van der Waals surface area contributed by atoms with Gasteiger partial charge in [0.25, 0.3) is 5.56 Å². The lowest BCUT2D eigenvalue weighted by Gasteiger charge is -2.29. The van der Waals surface area contributed by atoms with Crippen LogP contribution in [0.4, 0.5) is 5.82 Å². The molecule has 0 aliphatic heterocycles. The summed E-state index contributed by atoms with van der Waals surface area (Å²) in [7, 11) is 0. The van der Waals surface area contributed by atoms with Crippen molar-refractivity contribution in [1.82, 2.24) is 9.97 Å². The molecule has 0 spiro atoms. The SMILES string of the molecule is CC(Cl)C(C)(C)Nc1nc[nH]c(=O)c1I. The fourth-order valence-corrected chi connectivity index (χ4v) is 1.36. The van der Waals surface area contributed by atoms with Crippen molar-refractivity contribution in [2.45, 2.75) is 31.7 Å².